The van der Waals surface area contributed by atoms with E-state index in [2.05, 4.69) is 24.5 Å². The van der Waals surface area contributed by atoms with Gasteiger partial charge in [-0.25, -0.2) is 0 Å². The topological polar surface area (TPSA) is 33.3 Å². The van der Waals surface area contributed by atoms with E-state index in [0.717, 1.165) is 37.0 Å². The quantitative estimate of drug-likeness (QED) is 0.677. The predicted molar refractivity (Wildman–Crippen MR) is 77.5 cm³/mol. The Balaban J connectivity index is 1.94. The van der Waals surface area contributed by atoms with Crippen molar-refractivity contribution in [2.24, 2.45) is 5.92 Å². The maximum atomic E-state index is 5.79. The normalized spacial score (nSPS) is 10.9. The highest BCUT2D eigenvalue weighted by molar-refractivity contribution is 6.30. The summed E-state index contributed by atoms with van der Waals surface area (Å²) in [6.07, 6.45) is 0. The molecule has 1 aromatic carbocycles. The van der Waals surface area contributed by atoms with Crippen molar-refractivity contribution in [3.05, 3.63) is 29.3 Å². The van der Waals surface area contributed by atoms with E-state index < -0.39 is 0 Å². The van der Waals surface area contributed by atoms with Crippen LogP contribution in [-0.2, 0) is 0 Å². The van der Waals surface area contributed by atoms with E-state index in [1.807, 2.05) is 24.3 Å². The van der Waals surface area contributed by atoms with Gasteiger partial charge in [0.05, 0.1) is 0 Å². The van der Waals surface area contributed by atoms with Gasteiger partial charge in [0, 0.05) is 24.7 Å². The second kappa shape index (κ2) is 9.20. The number of hydrogen-bond acceptors (Lipinski definition) is 3. The molecule has 1 rings (SSSR count). The third-order valence-electron chi connectivity index (χ3n) is 2.39. The minimum Gasteiger partial charge on any atom is -0.492 e. The Morgan fingerprint density at radius 3 is 2.39 bits per heavy atom. The van der Waals surface area contributed by atoms with Gasteiger partial charge in [-0.1, -0.05) is 25.4 Å². The first-order valence-corrected chi connectivity index (χ1v) is 6.86. The first-order chi connectivity index (χ1) is 8.68. The van der Waals surface area contributed by atoms with Gasteiger partial charge in [0.2, 0.25) is 0 Å². The molecule has 0 aliphatic rings. The summed E-state index contributed by atoms with van der Waals surface area (Å²) < 4.78 is 5.56. The summed E-state index contributed by atoms with van der Waals surface area (Å²) in [6, 6.07) is 7.43. The molecular weight excluding hydrogens is 248 g/mol. The summed E-state index contributed by atoms with van der Waals surface area (Å²) in [6.45, 7) is 8.98. The molecule has 0 heterocycles. The molecule has 2 N–H and O–H groups in total. The Hall–Kier alpha value is -0.770. The average molecular weight is 271 g/mol. The van der Waals surface area contributed by atoms with Gasteiger partial charge in [0.1, 0.15) is 12.4 Å². The molecule has 3 nitrogen and oxygen atoms in total. The fraction of sp³-hybridized carbons (Fsp3) is 0.571. The van der Waals surface area contributed by atoms with Crippen LogP contribution < -0.4 is 15.4 Å². The molecule has 0 aliphatic heterocycles. The van der Waals surface area contributed by atoms with E-state index in [1.54, 1.807) is 0 Å². The molecule has 0 saturated carbocycles. The molecule has 4 heteroatoms. The van der Waals surface area contributed by atoms with Crippen molar-refractivity contribution >= 4 is 11.6 Å². The number of hydrogen-bond donors (Lipinski definition) is 2. The highest BCUT2D eigenvalue weighted by Crippen LogP contribution is 2.14. The highest BCUT2D eigenvalue weighted by atomic mass is 35.5. The van der Waals surface area contributed by atoms with E-state index in [1.165, 1.54) is 0 Å². The van der Waals surface area contributed by atoms with Crippen LogP contribution in [0, 0.1) is 5.92 Å². The number of ether oxygens (including phenoxy) is 1. The monoisotopic (exact) mass is 270 g/mol. The summed E-state index contributed by atoms with van der Waals surface area (Å²) in [7, 11) is 0. The van der Waals surface area contributed by atoms with Gasteiger partial charge >= 0.3 is 0 Å². The van der Waals surface area contributed by atoms with Gasteiger partial charge in [0.25, 0.3) is 0 Å². The van der Waals surface area contributed by atoms with Crippen molar-refractivity contribution in [1.82, 2.24) is 10.6 Å². The first kappa shape index (κ1) is 15.3. The number of rotatable bonds is 9. The van der Waals surface area contributed by atoms with Gasteiger partial charge in [0.15, 0.2) is 0 Å². The van der Waals surface area contributed by atoms with Crippen molar-refractivity contribution in [1.29, 1.82) is 0 Å². The van der Waals surface area contributed by atoms with Crippen LogP contribution >= 0.6 is 11.6 Å². The second-order valence-electron chi connectivity index (χ2n) is 4.65. The van der Waals surface area contributed by atoms with Gasteiger partial charge in [-0.05, 0) is 36.7 Å². The molecule has 18 heavy (non-hydrogen) atoms. The molecule has 0 bridgehead atoms. The van der Waals surface area contributed by atoms with Gasteiger partial charge in [-0.3, -0.25) is 0 Å². The third-order valence-corrected chi connectivity index (χ3v) is 2.64. The van der Waals surface area contributed by atoms with Crippen molar-refractivity contribution in [2.75, 3.05) is 32.8 Å². The van der Waals surface area contributed by atoms with Crippen LogP contribution in [0.1, 0.15) is 13.8 Å². The standard InChI is InChI=1S/C14H23ClN2O/c1-12(2)11-17-8-7-16-9-10-18-14-5-3-13(15)4-6-14/h3-6,12,16-17H,7-11H2,1-2H3. The molecule has 102 valence electrons. The fourth-order valence-corrected chi connectivity index (χ4v) is 1.59. The molecule has 0 unspecified atom stereocenters. The first-order valence-electron chi connectivity index (χ1n) is 6.48. The fourth-order valence-electron chi connectivity index (χ4n) is 1.46. The lowest BCUT2D eigenvalue weighted by Gasteiger charge is -2.09. The Morgan fingerprint density at radius 2 is 1.72 bits per heavy atom. The molecule has 0 aromatic heterocycles. The number of halogens is 1. The molecule has 0 saturated heterocycles. The molecule has 1 aromatic rings. The van der Waals surface area contributed by atoms with E-state index in [9.17, 15) is 0 Å². The maximum absolute atomic E-state index is 5.79. The number of benzene rings is 1. The van der Waals surface area contributed by atoms with Gasteiger partial charge in [-0.2, -0.15) is 0 Å². The smallest absolute Gasteiger partial charge is 0.119 e. The molecular formula is C14H23ClN2O. The lowest BCUT2D eigenvalue weighted by molar-refractivity contribution is 0.314. The Morgan fingerprint density at radius 1 is 1.06 bits per heavy atom. The van der Waals surface area contributed by atoms with E-state index in [-0.39, 0.29) is 0 Å². The van der Waals surface area contributed by atoms with Crippen LogP contribution in [0.2, 0.25) is 5.02 Å². The van der Waals surface area contributed by atoms with Crippen LogP contribution in [0.4, 0.5) is 0 Å². The second-order valence-corrected chi connectivity index (χ2v) is 5.09. The van der Waals surface area contributed by atoms with Gasteiger partial charge in [-0.15, -0.1) is 0 Å². The molecule has 0 aliphatic carbocycles. The van der Waals surface area contributed by atoms with Gasteiger partial charge < -0.3 is 15.4 Å². The van der Waals surface area contributed by atoms with Crippen molar-refractivity contribution in [3.8, 4) is 5.75 Å². The van der Waals surface area contributed by atoms with Crippen LogP contribution in [0.25, 0.3) is 0 Å². The predicted octanol–water partition coefficient (Wildman–Crippen LogP) is 2.55. The molecule has 0 fully saturated rings. The van der Waals surface area contributed by atoms with Crippen LogP contribution in [0.15, 0.2) is 24.3 Å². The molecule has 0 radical (unpaired) electrons. The third kappa shape index (κ3) is 7.54. The summed E-state index contributed by atoms with van der Waals surface area (Å²) in [4.78, 5) is 0. The molecule has 0 amide bonds. The Labute approximate surface area is 115 Å². The van der Waals surface area contributed by atoms with Crippen molar-refractivity contribution in [3.63, 3.8) is 0 Å². The minimum atomic E-state index is 0.672. The summed E-state index contributed by atoms with van der Waals surface area (Å²) >= 11 is 5.79. The largest absolute Gasteiger partial charge is 0.492 e. The maximum Gasteiger partial charge on any atom is 0.119 e. The SMILES string of the molecule is CC(C)CNCCNCCOc1ccc(Cl)cc1. The van der Waals surface area contributed by atoms with Crippen molar-refractivity contribution < 1.29 is 4.74 Å². The zero-order valence-electron chi connectivity index (χ0n) is 11.2. The zero-order valence-corrected chi connectivity index (χ0v) is 12.0. The number of nitrogens with one attached hydrogen (secondary N) is 2. The van der Waals surface area contributed by atoms with Crippen LogP contribution in [0.3, 0.4) is 0 Å². The molecule has 0 atom stereocenters. The lowest BCUT2D eigenvalue weighted by atomic mass is 10.2. The zero-order chi connectivity index (χ0) is 13.2. The minimum absolute atomic E-state index is 0.672. The van der Waals surface area contributed by atoms with E-state index in [0.29, 0.717) is 12.5 Å². The molecule has 0 spiro atoms. The summed E-state index contributed by atoms with van der Waals surface area (Å²) in [5.74, 6) is 1.57. The summed E-state index contributed by atoms with van der Waals surface area (Å²) in [5, 5.41) is 7.44. The Bertz CT molecular complexity index is 314. The van der Waals surface area contributed by atoms with Crippen LogP contribution in [0.5, 0.6) is 5.75 Å². The summed E-state index contributed by atoms with van der Waals surface area (Å²) in [5.41, 5.74) is 0. The Kier molecular flexibility index (Phi) is 7.81. The highest BCUT2D eigenvalue weighted by Gasteiger charge is 1.94. The van der Waals surface area contributed by atoms with E-state index >= 15 is 0 Å². The average Bonchev–Trinajstić information content (AvgIpc) is 2.34. The van der Waals surface area contributed by atoms with Crippen LogP contribution in [-0.4, -0.2) is 32.8 Å². The van der Waals surface area contributed by atoms with E-state index in [4.69, 9.17) is 16.3 Å². The lowest BCUT2D eigenvalue weighted by Crippen LogP contribution is -2.31. The van der Waals surface area contributed by atoms with Crippen molar-refractivity contribution in [2.45, 2.75) is 13.8 Å².